The smallest absolute Gasteiger partial charge is 0.290 e. The lowest BCUT2D eigenvalue weighted by Crippen LogP contribution is -2.22. The number of hydrogen-bond acceptors (Lipinski definition) is 4. The van der Waals surface area contributed by atoms with Crippen molar-refractivity contribution in [3.8, 4) is 0 Å². The monoisotopic (exact) mass is 324 g/mol. The first kappa shape index (κ1) is 16.0. The van der Waals surface area contributed by atoms with E-state index in [1.807, 2.05) is 30.7 Å². The molecule has 3 rings (SSSR count). The van der Waals surface area contributed by atoms with E-state index in [-0.39, 0.29) is 11.7 Å². The molecule has 0 radical (unpaired) electrons. The van der Waals surface area contributed by atoms with Crippen molar-refractivity contribution in [2.24, 2.45) is 0 Å². The third kappa shape index (κ3) is 3.71. The number of hydrogen-bond donors (Lipinski definition) is 1. The molecule has 3 aromatic rings. The van der Waals surface area contributed by atoms with E-state index < -0.39 is 0 Å². The average molecular weight is 324 g/mol. The number of nitrogens with zero attached hydrogens (tertiary/aromatic N) is 3. The molecule has 24 heavy (non-hydrogen) atoms. The second-order valence-corrected chi connectivity index (χ2v) is 5.92. The highest BCUT2D eigenvalue weighted by molar-refractivity contribution is 5.91. The maximum Gasteiger partial charge on any atom is 0.290 e. The van der Waals surface area contributed by atoms with Gasteiger partial charge in [-0.3, -0.25) is 9.48 Å². The fourth-order valence-corrected chi connectivity index (χ4v) is 2.59. The van der Waals surface area contributed by atoms with Crippen LogP contribution in [0.15, 0.2) is 40.9 Å². The van der Waals surface area contributed by atoms with Gasteiger partial charge in [0.05, 0.1) is 17.9 Å². The molecule has 0 aliphatic rings. The zero-order valence-electron chi connectivity index (χ0n) is 14.0. The standard InChI is InChI=1S/C18H20N4O2/c1-12-7-14(3)22(20-12)11-16-6-4-5-15(9-16)10-19-18(23)17-8-13(2)21-24-17/h4-9H,10-11H2,1-3H3,(H,19,23). The fourth-order valence-electron chi connectivity index (χ4n) is 2.59. The van der Waals surface area contributed by atoms with Crippen LogP contribution < -0.4 is 5.32 Å². The zero-order chi connectivity index (χ0) is 17.1. The highest BCUT2D eigenvalue weighted by Crippen LogP contribution is 2.10. The Balaban J connectivity index is 1.65. The second-order valence-electron chi connectivity index (χ2n) is 5.92. The molecule has 0 aliphatic heterocycles. The third-order valence-electron chi connectivity index (χ3n) is 3.73. The maximum atomic E-state index is 12.0. The largest absolute Gasteiger partial charge is 0.351 e. The SMILES string of the molecule is Cc1cc(C(=O)NCc2cccc(Cn3nc(C)cc3C)c2)on1. The van der Waals surface area contributed by atoms with Gasteiger partial charge >= 0.3 is 0 Å². The minimum Gasteiger partial charge on any atom is -0.351 e. The maximum absolute atomic E-state index is 12.0. The van der Waals surface area contributed by atoms with Crippen LogP contribution in [0.1, 0.15) is 38.8 Å². The highest BCUT2D eigenvalue weighted by atomic mass is 16.5. The number of aromatic nitrogens is 3. The van der Waals surface area contributed by atoms with Crippen LogP contribution in [0.4, 0.5) is 0 Å². The van der Waals surface area contributed by atoms with Gasteiger partial charge in [0, 0.05) is 18.3 Å². The summed E-state index contributed by atoms with van der Waals surface area (Å²) in [5.41, 5.74) is 5.00. The van der Waals surface area contributed by atoms with Crippen molar-refractivity contribution in [1.82, 2.24) is 20.3 Å². The highest BCUT2D eigenvalue weighted by Gasteiger charge is 2.11. The quantitative estimate of drug-likeness (QED) is 0.783. The number of nitrogens with one attached hydrogen (secondary N) is 1. The van der Waals surface area contributed by atoms with Crippen LogP contribution in [-0.2, 0) is 13.1 Å². The van der Waals surface area contributed by atoms with Crippen molar-refractivity contribution in [1.29, 1.82) is 0 Å². The van der Waals surface area contributed by atoms with Crippen LogP contribution >= 0.6 is 0 Å². The molecule has 2 heterocycles. The number of carbonyl (C=O) groups excluding carboxylic acids is 1. The summed E-state index contributed by atoms with van der Waals surface area (Å²) in [5, 5.41) is 11.0. The summed E-state index contributed by atoms with van der Waals surface area (Å²) >= 11 is 0. The van der Waals surface area contributed by atoms with Crippen molar-refractivity contribution >= 4 is 5.91 Å². The summed E-state index contributed by atoms with van der Waals surface area (Å²) in [7, 11) is 0. The van der Waals surface area contributed by atoms with Gasteiger partial charge in [-0.2, -0.15) is 5.10 Å². The minimum absolute atomic E-state index is 0.228. The van der Waals surface area contributed by atoms with E-state index in [0.29, 0.717) is 18.8 Å². The molecule has 0 saturated carbocycles. The molecule has 0 aliphatic carbocycles. The summed E-state index contributed by atoms with van der Waals surface area (Å²) < 4.78 is 6.94. The van der Waals surface area contributed by atoms with Crippen molar-refractivity contribution in [2.45, 2.75) is 33.9 Å². The van der Waals surface area contributed by atoms with Crippen LogP contribution in [0.5, 0.6) is 0 Å². The Hall–Kier alpha value is -2.89. The van der Waals surface area contributed by atoms with Crippen molar-refractivity contribution in [3.63, 3.8) is 0 Å². The van der Waals surface area contributed by atoms with Crippen LogP contribution in [0.3, 0.4) is 0 Å². The Labute approximate surface area is 140 Å². The Morgan fingerprint density at radius 2 is 1.92 bits per heavy atom. The first-order valence-electron chi connectivity index (χ1n) is 7.81. The van der Waals surface area contributed by atoms with Crippen LogP contribution in [0, 0.1) is 20.8 Å². The van der Waals surface area contributed by atoms with Gasteiger partial charge in [0.15, 0.2) is 0 Å². The minimum atomic E-state index is -0.264. The molecule has 0 unspecified atom stereocenters. The first-order chi connectivity index (χ1) is 11.5. The molecule has 6 heteroatoms. The van der Waals surface area contributed by atoms with Crippen LogP contribution in [0.2, 0.25) is 0 Å². The molecule has 2 aromatic heterocycles. The third-order valence-corrected chi connectivity index (χ3v) is 3.73. The van der Waals surface area contributed by atoms with Gasteiger partial charge in [-0.1, -0.05) is 29.4 Å². The molecular weight excluding hydrogens is 304 g/mol. The van der Waals surface area contributed by atoms with Gasteiger partial charge in [0.25, 0.3) is 5.91 Å². The number of amides is 1. The van der Waals surface area contributed by atoms with E-state index in [9.17, 15) is 4.79 Å². The lowest BCUT2D eigenvalue weighted by atomic mass is 10.1. The average Bonchev–Trinajstić information content (AvgIpc) is 3.11. The molecule has 0 bridgehead atoms. The predicted octanol–water partition coefficient (Wildman–Crippen LogP) is 2.77. The molecule has 0 spiro atoms. The number of benzene rings is 1. The molecule has 1 amide bonds. The van der Waals surface area contributed by atoms with Crippen molar-refractivity contribution in [3.05, 3.63) is 70.4 Å². The summed E-state index contributed by atoms with van der Waals surface area (Å²) in [6.07, 6.45) is 0. The first-order valence-corrected chi connectivity index (χ1v) is 7.81. The number of aryl methyl sites for hydroxylation is 3. The van der Waals surface area contributed by atoms with Crippen LogP contribution in [0.25, 0.3) is 0 Å². The molecule has 0 fully saturated rings. The normalized spacial score (nSPS) is 10.8. The Kier molecular flexibility index (Phi) is 4.46. The van der Waals surface area contributed by atoms with Gasteiger partial charge in [-0.05, 0) is 38.0 Å². The Bertz CT molecular complexity index is 864. The van der Waals surface area contributed by atoms with E-state index >= 15 is 0 Å². The van der Waals surface area contributed by atoms with Gasteiger partial charge in [-0.25, -0.2) is 0 Å². The van der Waals surface area contributed by atoms with Crippen molar-refractivity contribution < 1.29 is 9.32 Å². The molecule has 0 saturated heterocycles. The number of rotatable bonds is 5. The summed E-state index contributed by atoms with van der Waals surface area (Å²) in [6, 6.07) is 11.8. The van der Waals surface area contributed by atoms with E-state index in [2.05, 4.69) is 33.8 Å². The summed E-state index contributed by atoms with van der Waals surface area (Å²) in [4.78, 5) is 12.0. The number of carbonyl (C=O) groups is 1. The lowest BCUT2D eigenvalue weighted by Gasteiger charge is -2.08. The molecule has 6 nitrogen and oxygen atoms in total. The summed E-state index contributed by atoms with van der Waals surface area (Å²) in [5.74, 6) is -0.0363. The van der Waals surface area contributed by atoms with E-state index in [4.69, 9.17) is 4.52 Å². The Morgan fingerprint density at radius 1 is 1.12 bits per heavy atom. The molecule has 1 aromatic carbocycles. The Morgan fingerprint density at radius 3 is 2.58 bits per heavy atom. The molecular formula is C18H20N4O2. The van der Waals surface area contributed by atoms with E-state index in [1.165, 1.54) is 0 Å². The fraction of sp³-hybridized carbons (Fsp3) is 0.278. The van der Waals surface area contributed by atoms with E-state index in [0.717, 1.165) is 22.5 Å². The van der Waals surface area contributed by atoms with Gasteiger partial charge in [-0.15, -0.1) is 0 Å². The molecule has 124 valence electrons. The summed E-state index contributed by atoms with van der Waals surface area (Å²) in [6.45, 7) is 6.96. The van der Waals surface area contributed by atoms with E-state index in [1.54, 1.807) is 13.0 Å². The second kappa shape index (κ2) is 6.70. The van der Waals surface area contributed by atoms with Gasteiger partial charge in [0.1, 0.15) is 0 Å². The predicted molar refractivity (Wildman–Crippen MR) is 89.7 cm³/mol. The van der Waals surface area contributed by atoms with Gasteiger partial charge < -0.3 is 9.84 Å². The van der Waals surface area contributed by atoms with Crippen molar-refractivity contribution in [2.75, 3.05) is 0 Å². The van der Waals surface area contributed by atoms with Crippen LogP contribution in [-0.4, -0.2) is 20.8 Å². The molecule has 1 N–H and O–H groups in total. The zero-order valence-corrected chi connectivity index (χ0v) is 14.0. The lowest BCUT2D eigenvalue weighted by molar-refractivity contribution is 0.0914. The molecule has 0 atom stereocenters. The topological polar surface area (TPSA) is 73.0 Å². The van der Waals surface area contributed by atoms with Gasteiger partial charge in [0.2, 0.25) is 5.76 Å².